The van der Waals surface area contributed by atoms with Crippen LogP contribution in [0.3, 0.4) is 0 Å². The van der Waals surface area contributed by atoms with Gasteiger partial charge in [0.05, 0.1) is 12.5 Å². The summed E-state index contributed by atoms with van der Waals surface area (Å²) >= 11 is 0. The van der Waals surface area contributed by atoms with E-state index in [0.717, 1.165) is 69.6 Å². The molecule has 0 aliphatic carbocycles. The summed E-state index contributed by atoms with van der Waals surface area (Å²) in [6.07, 6.45) is 3.13. The van der Waals surface area contributed by atoms with Gasteiger partial charge in [0.1, 0.15) is 0 Å². The van der Waals surface area contributed by atoms with Gasteiger partial charge in [-0.3, -0.25) is 4.90 Å². The first-order valence-electron chi connectivity index (χ1n) is 8.33. The van der Waals surface area contributed by atoms with Crippen LogP contribution < -0.4 is 5.32 Å². The lowest BCUT2D eigenvalue weighted by atomic mass is 9.97. The third-order valence-electron chi connectivity index (χ3n) is 4.74. The van der Waals surface area contributed by atoms with Gasteiger partial charge in [-0.2, -0.15) is 9.97 Å². The maximum atomic E-state index is 5.42. The second kappa shape index (κ2) is 6.37. The Hall–Kier alpha value is -1.80. The first-order valence-corrected chi connectivity index (χ1v) is 8.33. The molecule has 23 heavy (non-hydrogen) atoms. The average Bonchev–Trinajstić information content (AvgIpc) is 3.28. The fraction of sp³-hybridized carbons (Fsp3) is 0.733. The fourth-order valence-electron chi connectivity index (χ4n) is 3.38. The molecular weight excluding hydrogens is 296 g/mol. The topological polar surface area (TPSA) is 93.1 Å². The minimum absolute atomic E-state index is 0.373. The molecule has 1 N–H and O–H groups in total. The minimum atomic E-state index is 0.373. The molecule has 2 saturated heterocycles. The third kappa shape index (κ3) is 3.28. The Labute approximate surface area is 134 Å². The number of aryl methyl sites for hydroxylation is 1. The molecule has 2 aliphatic heterocycles. The van der Waals surface area contributed by atoms with Gasteiger partial charge >= 0.3 is 0 Å². The number of nitrogens with zero attached hydrogens (tertiary/aromatic N) is 5. The van der Waals surface area contributed by atoms with Gasteiger partial charge in [-0.25, -0.2) is 0 Å². The van der Waals surface area contributed by atoms with Crippen LogP contribution in [0.5, 0.6) is 0 Å². The summed E-state index contributed by atoms with van der Waals surface area (Å²) in [5, 5.41) is 11.3. The zero-order chi connectivity index (χ0) is 15.6. The Balaban J connectivity index is 1.31. The van der Waals surface area contributed by atoms with E-state index in [4.69, 9.17) is 9.05 Å². The molecule has 0 aromatic carbocycles. The molecule has 0 radical (unpaired) electrons. The monoisotopic (exact) mass is 318 g/mol. The first kappa shape index (κ1) is 14.8. The van der Waals surface area contributed by atoms with Crippen molar-refractivity contribution in [2.45, 2.75) is 44.6 Å². The normalized spacial score (nSPS) is 23.6. The van der Waals surface area contributed by atoms with Crippen LogP contribution in [0.15, 0.2) is 9.05 Å². The quantitative estimate of drug-likeness (QED) is 0.899. The molecular formula is C15H22N6O2. The van der Waals surface area contributed by atoms with Gasteiger partial charge in [0.15, 0.2) is 11.6 Å². The van der Waals surface area contributed by atoms with Crippen LogP contribution in [0.1, 0.15) is 54.5 Å². The Kier molecular flexibility index (Phi) is 4.09. The van der Waals surface area contributed by atoms with E-state index in [1.807, 2.05) is 6.92 Å². The lowest BCUT2D eigenvalue weighted by Crippen LogP contribution is -2.32. The van der Waals surface area contributed by atoms with E-state index in [1.54, 1.807) is 0 Å². The van der Waals surface area contributed by atoms with Crippen molar-refractivity contribution in [2.75, 3.05) is 26.2 Å². The molecule has 8 nitrogen and oxygen atoms in total. The molecule has 2 aromatic rings. The van der Waals surface area contributed by atoms with E-state index >= 15 is 0 Å². The molecule has 0 bridgehead atoms. The second-order valence-electron chi connectivity index (χ2n) is 6.47. The van der Waals surface area contributed by atoms with Crippen molar-refractivity contribution in [1.29, 1.82) is 0 Å². The summed E-state index contributed by atoms with van der Waals surface area (Å²) in [4.78, 5) is 11.3. The highest BCUT2D eigenvalue weighted by Gasteiger charge is 2.27. The van der Waals surface area contributed by atoms with E-state index in [2.05, 4.69) is 30.5 Å². The number of hydrogen-bond acceptors (Lipinski definition) is 8. The summed E-state index contributed by atoms with van der Waals surface area (Å²) in [7, 11) is 0. The standard InChI is InChI=1S/C15H22N6O2/c1-10-17-14(22-19-10)11-3-6-21(7-4-11)9-13-18-15(23-20-13)12-2-5-16-8-12/h11-12,16H,2-9H2,1H3. The van der Waals surface area contributed by atoms with E-state index in [9.17, 15) is 0 Å². The number of piperidine rings is 1. The van der Waals surface area contributed by atoms with Crippen molar-refractivity contribution in [3.8, 4) is 0 Å². The molecule has 2 aliphatic rings. The van der Waals surface area contributed by atoms with Crippen molar-refractivity contribution in [3.05, 3.63) is 23.4 Å². The predicted molar refractivity (Wildman–Crippen MR) is 80.8 cm³/mol. The van der Waals surface area contributed by atoms with Crippen LogP contribution in [-0.2, 0) is 6.54 Å². The van der Waals surface area contributed by atoms with Gasteiger partial charge in [-0.1, -0.05) is 10.3 Å². The molecule has 2 aromatic heterocycles. The Morgan fingerprint density at radius 2 is 1.83 bits per heavy atom. The maximum Gasteiger partial charge on any atom is 0.231 e. The van der Waals surface area contributed by atoms with Gasteiger partial charge in [-0.15, -0.1) is 0 Å². The molecule has 0 amide bonds. The van der Waals surface area contributed by atoms with Crippen molar-refractivity contribution in [3.63, 3.8) is 0 Å². The number of nitrogens with one attached hydrogen (secondary N) is 1. The highest BCUT2D eigenvalue weighted by atomic mass is 16.5. The summed E-state index contributed by atoms with van der Waals surface area (Å²) in [5.41, 5.74) is 0. The van der Waals surface area contributed by atoms with Gasteiger partial charge in [0.2, 0.25) is 11.8 Å². The molecule has 0 spiro atoms. The lowest BCUT2D eigenvalue weighted by molar-refractivity contribution is 0.182. The summed E-state index contributed by atoms with van der Waals surface area (Å²) in [6, 6.07) is 0. The molecule has 1 atom stereocenters. The van der Waals surface area contributed by atoms with E-state index in [1.165, 1.54) is 0 Å². The molecule has 4 rings (SSSR count). The van der Waals surface area contributed by atoms with Gasteiger partial charge in [0, 0.05) is 12.5 Å². The first-order chi connectivity index (χ1) is 11.3. The molecule has 2 fully saturated rings. The summed E-state index contributed by atoms with van der Waals surface area (Å²) in [6.45, 7) is 6.55. The Morgan fingerprint density at radius 3 is 2.52 bits per heavy atom. The highest BCUT2D eigenvalue weighted by Crippen LogP contribution is 2.27. The van der Waals surface area contributed by atoms with Crippen molar-refractivity contribution >= 4 is 0 Å². The van der Waals surface area contributed by atoms with E-state index in [0.29, 0.717) is 17.7 Å². The number of hydrogen-bond donors (Lipinski definition) is 1. The van der Waals surface area contributed by atoms with Crippen molar-refractivity contribution < 1.29 is 9.05 Å². The Morgan fingerprint density at radius 1 is 1.04 bits per heavy atom. The van der Waals surface area contributed by atoms with Gasteiger partial charge in [-0.05, 0) is 45.8 Å². The van der Waals surface area contributed by atoms with Crippen LogP contribution in [0, 0.1) is 6.92 Å². The smallest absolute Gasteiger partial charge is 0.231 e. The number of rotatable bonds is 4. The maximum absolute atomic E-state index is 5.42. The molecule has 8 heteroatoms. The van der Waals surface area contributed by atoms with Gasteiger partial charge in [0.25, 0.3) is 0 Å². The van der Waals surface area contributed by atoms with Crippen LogP contribution >= 0.6 is 0 Å². The van der Waals surface area contributed by atoms with Crippen molar-refractivity contribution in [2.24, 2.45) is 0 Å². The highest BCUT2D eigenvalue weighted by molar-refractivity contribution is 4.99. The fourth-order valence-corrected chi connectivity index (χ4v) is 3.38. The Bertz CT molecular complexity index is 640. The molecule has 4 heterocycles. The average molecular weight is 318 g/mol. The number of likely N-dealkylation sites (tertiary alicyclic amines) is 1. The van der Waals surface area contributed by atoms with Crippen LogP contribution in [0.2, 0.25) is 0 Å². The van der Waals surface area contributed by atoms with Crippen LogP contribution in [-0.4, -0.2) is 51.4 Å². The van der Waals surface area contributed by atoms with Gasteiger partial charge < -0.3 is 14.4 Å². The zero-order valence-electron chi connectivity index (χ0n) is 13.4. The third-order valence-corrected chi connectivity index (χ3v) is 4.74. The zero-order valence-corrected chi connectivity index (χ0v) is 13.4. The van der Waals surface area contributed by atoms with E-state index < -0.39 is 0 Å². The molecule has 124 valence electrons. The van der Waals surface area contributed by atoms with E-state index in [-0.39, 0.29) is 0 Å². The summed E-state index contributed by atoms with van der Waals surface area (Å²) < 4.78 is 10.7. The molecule has 0 saturated carbocycles. The van der Waals surface area contributed by atoms with Crippen molar-refractivity contribution in [1.82, 2.24) is 30.5 Å². The minimum Gasteiger partial charge on any atom is -0.339 e. The molecule has 1 unspecified atom stereocenters. The number of aromatic nitrogens is 4. The second-order valence-corrected chi connectivity index (χ2v) is 6.47. The SMILES string of the molecule is Cc1noc(C2CCN(Cc3noc(C4CCNC4)n3)CC2)n1. The predicted octanol–water partition coefficient (Wildman–Crippen LogP) is 1.22. The lowest BCUT2D eigenvalue weighted by Gasteiger charge is -2.29. The summed E-state index contributed by atoms with van der Waals surface area (Å²) in [5.74, 6) is 3.81. The van der Waals surface area contributed by atoms with Crippen LogP contribution in [0.4, 0.5) is 0 Å². The largest absolute Gasteiger partial charge is 0.339 e. The van der Waals surface area contributed by atoms with Crippen LogP contribution in [0.25, 0.3) is 0 Å².